The molecule has 0 aliphatic rings. The average Bonchev–Trinajstić information content (AvgIpc) is 3.29. The fourth-order valence-corrected chi connectivity index (χ4v) is 3.26. The number of ether oxygens (including phenoxy) is 1. The van der Waals surface area contributed by atoms with E-state index in [4.69, 9.17) is 4.74 Å². The van der Waals surface area contributed by atoms with Gasteiger partial charge in [0, 0.05) is 24.1 Å². The van der Waals surface area contributed by atoms with Gasteiger partial charge in [-0.25, -0.2) is 9.37 Å². The summed E-state index contributed by atoms with van der Waals surface area (Å²) in [5.74, 6) is -0.169. The Morgan fingerprint density at radius 3 is 2.96 bits per heavy atom. The normalized spacial score (nSPS) is 10.8. The van der Waals surface area contributed by atoms with Gasteiger partial charge in [-0.15, -0.1) is 0 Å². The van der Waals surface area contributed by atoms with Gasteiger partial charge < -0.3 is 15.0 Å². The minimum absolute atomic E-state index is 0.0783. The van der Waals surface area contributed by atoms with Crippen molar-refractivity contribution in [3.8, 4) is 11.5 Å². The Hall–Kier alpha value is -3.19. The largest absolute Gasteiger partial charge is 0.453 e. The van der Waals surface area contributed by atoms with Crippen LogP contribution in [0.5, 0.6) is 11.5 Å². The molecule has 0 aliphatic heterocycles. The number of amides is 1. The van der Waals surface area contributed by atoms with Crippen LogP contribution in [0.1, 0.15) is 5.56 Å². The molecular formula is C19H14FN3O2S. The van der Waals surface area contributed by atoms with E-state index in [0.717, 1.165) is 10.9 Å². The van der Waals surface area contributed by atoms with E-state index in [2.05, 4.69) is 15.3 Å². The molecule has 4 aromatic rings. The summed E-state index contributed by atoms with van der Waals surface area (Å²) < 4.78 is 20.1. The lowest BCUT2D eigenvalue weighted by Gasteiger charge is -2.10. The summed E-state index contributed by atoms with van der Waals surface area (Å²) in [6.07, 6.45) is 3.59. The maximum Gasteiger partial charge on any atom is 0.228 e. The lowest BCUT2D eigenvalue weighted by atomic mass is 10.2. The number of nitrogens with one attached hydrogen (secondary N) is 2. The van der Waals surface area contributed by atoms with Crippen molar-refractivity contribution < 1.29 is 13.9 Å². The minimum Gasteiger partial charge on any atom is -0.453 e. The van der Waals surface area contributed by atoms with Crippen LogP contribution in [-0.4, -0.2) is 15.9 Å². The number of carbonyl (C=O) groups excluding carboxylic acids is 1. The summed E-state index contributed by atoms with van der Waals surface area (Å²) >= 11 is 1.53. The zero-order valence-electron chi connectivity index (χ0n) is 13.5. The molecule has 0 unspecified atom stereocenters. The molecule has 0 saturated carbocycles. The molecule has 0 aliphatic carbocycles. The third-order valence-corrected chi connectivity index (χ3v) is 4.53. The number of aromatic amines is 1. The number of hydrogen-bond donors (Lipinski definition) is 2. The molecule has 26 heavy (non-hydrogen) atoms. The van der Waals surface area contributed by atoms with E-state index < -0.39 is 5.82 Å². The number of fused-ring (bicyclic) bond motifs is 1. The second-order valence-electron chi connectivity index (χ2n) is 5.65. The molecule has 4 rings (SSSR count). The molecule has 2 N–H and O–H groups in total. The van der Waals surface area contributed by atoms with Crippen LogP contribution >= 0.6 is 11.3 Å². The standard InChI is InChI=1S/C19H14FN3O2S/c20-15-10-13(23-18(24)9-12-5-8-26-11-12)1-2-17(15)25-16-4-7-22-19-14(16)3-6-21-19/h1-8,10-11H,9H2,(H,21,22)(H,23,24). The Labute approximate surface area is 152 Å². The number of hydrogen-bond acceptors (Lipinski definition) is 4. The number of benzene rings is 1. The summed E-state index contributed by atoms with van der Waals surface area (Å²) in [6, 6.07) is 9.73. The summed E-state index contributed by atoms with van der Waals surface area (Å²) in [5, 5.41) is 7.28. The van der Waals surface area contributed by atoms with E-state index in [1.165, 1.54) is 23.5 Å². The quantitative estimate of drug-likeness (QED) is 0.535. The van der Waals surface area contributed by atoms with Gasteiger partial charge in [0.1, 0.15) is 11.4 Å². The van der Waals surface area contributed by atoms with Gasteiger partial charge in [-0.05, 0) is 46.7 Å². The number of H-pyrrole nitrogens is 1. The van der Waals surface area contributed by atoms with Gasteiger partial charge >= 0.3 is 0 Å². The maximum atomic E-state index is 14.4. The summed E-state index contributed by atoms with van der Waals surface area (Å²) in [4.78, 5) is 19.2. The van der Waals surface area contributed by atoms with Gasteiger partial charge in [-0.1, -0.05) is 0 Å². The Bertz CT molecular complexity index is 1060. The van der Waals surface area contributed by atoms with Gasteiger partial charge in [0.25, 0.3) is 0 Å². The third-order valence-electron chi connectivity index (χ3n) is 3.80. The highest BCUT2D eigenvalue weighted by molar-refractivity contribution is 7.08. The van der Waals surface area contributed by atoms with Gasteiger partial charge in [0.2, 0.25) is 5.91 Å². The molecule has 3 heterocycles. The topological polar surface area (TPSA) is 67.0 Å². The first-order chi connectivity index (χ1) is 12.7. The molecule has 0 saturated heterocycles. The molecule has 7 heteroatoms. The van der Waals surface area contributed by atoms with Gasteiger partial charge in [0.15, 0.2) is 11.6 Å². The number of anilines is 1. The van der Waals surface area contributed by atoms with Crippen LogP contribution in [0.2, 0.25) is 0 Å². The highest BCUT2D eigenvalue weighted by Gasteiger charge is 2.11. The Morgan fingerprint density at radius 1 is 1.23 bits per heavy atom. The predicted octanol–water partition coefficient (Wildman–Crippen LogP) is 4.74. The number of thiophene rings is 1. The molecule has 3 aromatic heterocycles. The Balaban J connectivity index is 1.49. The highest BCUT2D eigenvalue weighted by atomic mass is 32.1. The van der Waals surface area contributed by atoms with E-state index in [1.54, 1.807) is 24.5 Å². The first-order valence-corrected chi connectivity index (χ1v) is 8.84. The number of aromatic nitrogens is 2. The highest BCUT2D eigenvalue weighted by Crippen LogP contribution is 2.31. The van der Waals surface area contributed by atoms with Crippen LogP contribution in [0.4, 0.5) is 10.1 Å². The third kappa shape index (κ3) is 3.43. The van der Waals surface area contributed by atoms with Gasteiger partial charge in [-0.3, -0.25) is 4.79 Å². The maximum absolute atomic E-state index is 14.4. The van der Waals surface area contributed by atoms with Crippen LogP contribution in [0.3, 0.4) is 0 Å². The van der Waals surface area contributed by atoms with Gasteiger partial charge in [0.05, 0.1) is 11.8 Å². The molecule has 0 bridgehead atoms. The van der Waals surface area contributed by atoms with Crippen molar-refractivity contribution in [3.05, 3.63) is 70.9 Å². The van der Waals surface area contributed by atoms with E-state index >= 15 is 0 Å². The molecule has 1 aromatic carbocycles. The molecule has 0 fully saturated rings. The van der Waals surface area contributed by atoms with Gasteiger partial charge in [-0.2, -0.15) is 11.3 Å². The van der Waals surface area contributed by atoms with E-state index in [9.17, 15) is 9.18 Å². The van der Waals surface area contributed by atoms with Crippen LogP contribution in [0, 0.1) is 5.82 Å². The fraction of sp³-hybridized carbons (Fsp3) is 0.0526. The molecular weight excluding hydrogens is 353 g/mol. The zero-order chi connectivity index (χ0) is 17.9. The molecule has 130 valence electrons. The second-order valence-corrected chi connectivity index (χ2v) is 6.43. The summed E-state index contributed by atoms with van der Waals surface area (Å²) in [5.41, 5.74) is 1.98. The number of rotatable bonds is 5. The number of halogens is 1. The van der Waals surface area contributed by atoms with Crippen LogP contribution < -0.4 is 10.1 Å². The molecule has 1 amide bonds. The molecule has 0 atom stereocenters. The summed E-state index contributed by atoms with van der Waals surface area (Å²) in [6.45, 7) is 0. The lowest BCUT2D eigenvalue weighted by molar-refractivity contribution is -0.115. The Kier molecular flexibility index (Phi) is 4.37. The van der Waals surface area contributed by atoms with Crippen molar-refractivity contribution >= 4 is 34.0 Å². The van der Waals surface area contributed by atoms with Crippen molar-refractivity contribution in [3.63, 3.8) is 0 Å². The predicted molar refractivity (Wildman–Crippen MR) is 99.2 cm³/mol. The first-order valence-electron chi connectivity index (χ1n) is 7.89. The summed E-state index contributed by atoms with van der Waals surface area (Å²) in [7, 11) is 0. The van der Waals surface area contributed by atoms with Crippen molar-refractivity contribution in [1.29, 1.82) is 0 Å². The first kappa shape index (κ1) is 16.3. The van der Waals surface area contributed by atoms with Crippen molar-refractivity contribution in [1.82, 2.24) is 9.97 Å². The Morgan fingerprint density at radius 2 is 2.15 bits per heavy atom. The average molecular weight is 367 g/mol. The van der Waals surface area contributed by atoms with Crippen molar-refractivity contribution in [2.45, 2.75) is 6.42 Å². The van der Waals surface area contributed by atoms with Crippen molar-refractivity contribution in [2.24, 2.45) is 0 Å². The zero-order valence-corrected chi connectivity index (χ0v) is 14.3. The minimum atomic E-state index is -0.557. The van der Waals surface area contributed by atoms with Crippen molar-refractivity contribution in [2.75, 3.05) is 5.32 Å². The SMILES string of the molecule is O=C(Cc1ccsc1)Nc1ccc(Oc2ccnc3[nH]ccc23)c(F)c1. The smallest absolute Gasteiger partial charge is 0.228 e. The fourth-order valence-electron chi connectivity index (χ4n) is 2.59. The number of nitrogens with zero attached hydrogens (tertiary/aromatic N) is 1. The number of pyridine rings is 1. The van der Waals surface area contributed by atoms with Crippen LogP contribution in [0.25, 0.3) is 11.0 Å². The van der Waals surface area contributed by atoms with E-state index in [-0.39, 0.29) is 18.1 Å². The molecule has 0 spiro atoms. The second kappa shape index (κ2) is 6.97. The monoisotopic (exact) mass is 367 g/mol. The van der Waals surface area contributed by atoms with Crippen LogP contribution in [-0.2, 0) is 11.2 Å². The van der Waals surface area contributed by atoms with E-state index in [0.29, 0.717) is 17.1 Å². The lowest BCUT2D eigenvalue weighted by Crippen LogP contribution is -2.14. The molecule has 5 nitrogen and oxygen atoms in total. The van der Waals surface area contributed by atoms with Crippen LogP contribution in [0.15, 0.2) is 59.6 Å². The van der Waals surface area contributed by atoms with E-state index in [1.807, 2.05) is 22.9 Å². The number of carbonyl (C=O) groups is 1. The molecule has 0 radical (unpaired) electrons.